The SMILES string of the molecule is O=C(O)[C@@H]1[C@H](C(=O)Nc2nc(-c3ccc(Br)cc3)cs2)[C@@H]2CC[C@@H]1O2. The summed E-state index contributed by atoms with van der Waals surface area (Å²) in [4.78, 5) is 28.6. The van der Waals surface area contributed by atoms with Gasteiger partial charge in [-0.3, -0.25) is 9.59 Å². The van der Waals surface area contributed by atoms with Crippen molar-refractivity contribution < 1.29 is 19.4 Å². The number of carboxylic acid groups (broad SMARTS) is 1. The van der Waals surface area contributed by atoms with Gasteiger partial charge in [-0.2, -0.15) is 0 Å². The summed E-state index contributed by atoms with van der Waals surface area (Å²) in [6.45, 7) is 0. The third-order valence-corrected chi connectivity index (χ3v) is 6.02. The largest absolute Gasteiger partial charge is 0.481 e. The van der Waals surface area contributed by atoms with Crippen LogP contribution in [-0.2, 0) is 14.3 Å². The lowest BCUT2D eigenvalue weighted by atomic mass is 9.79. The molecule has 0 spiro atoms. The van der Waals surface area contributed by atoms with Crippen molar-refractivity contribution in [2.75, 3.05) is 5.32 Å². The molecule has 8 heteroatoms. The van der Waals surface area contributed by atoms with Crippen LogP contribution in [0.15, 0.2) is 34.1 Å². The van der Waals surface area contributed by atoms with Crippen molar-refractivity contribution in [3.63, 3.8) is 0 Å². The van der Waals surface area contributed by atoms with Gasteiger partial charge < -0.3 is 15.2 Å². The van der Waals surface area contributed by atoms with Crippen molar-refractivity contribution >= 4 is 44.3 Å². The van der Waals surface area contributed by atoms with Crippen LogP contribution >= 0.6 is 27.3 Å². The molecule has 2 bridgehead atoms. The number of aromatic nitrogens is 1. The summed E-state index contributed by atoms with van der Waals surface area (Å²) in [5.41, 5.74) is 1.72. The van der Waals surface area contributed by atoms with Crippen molar-refractivity contribution in [3.8, 4) is 11.3 Å². The van der Waals surface area contributed by atoms with Crippen LogP contribution < -0.4 is 5.32 Å². The molecule has 4 atom stereocenters. The molecule has 2 saturated heterocycles. The van der Waals surface area contributed by atoms with Crippen molar-refractivity contribution in [2.24, 2.45) is 11.8 Å². The van der Waals surface area contributed by atoms with Crippen LogP contribution in [0.5, 0.6) is 0 Å². The van der Waals surface area contributed by atoms with Gasteiger partial charge in [0.15, 0.2) is 5.13 Å². The summed E-state index contributed by atoms with van der Waals surface area (Å²) in [6, 6.07) is 7.73. The molecule has 2 N–H and O–H groups in total. The maximum Gasteiger partial charge on any atom is 0.310 e. The molecular formula is C17H15BrN2O4S. The number of carbonyl (C=O) groups is 2. The standard InChI is InChI=1S/C17H15BrN2O4S/c18-9-3-1-8(2-4-9)10-7-25-17(19-10)20-15(21)13-11-5-6-12(24-11)14(13)16(22)23/h1-4,7,11-14H,5-6H2,(H,22,23)(H,19,20,21)/t11-,12-,13+,14-/m0/s1. The Kier molecular flexibility index (Phi) is 4.35. The summed E-state index contributed by atoms with van der Waals surface area (Å²) < 4.78 is 6.62. The number of amides is 1. The molecular weight excluding hydrogens is 408 g/mol. The van der Waals surface area contributed by atoms with Crippen molar-refractivity contribution in [3.05, 3.63) is 34.1 Å². The highest BCUT2D eigenvalue weighted by Crippen LogP contribution is 2.44. The second-order valence-electron chi connectivity index (χ2n) is 6.21. The first-order valence-corrected chi connectivity index (χ1v) is 9.61. The van der Waals surface area contributed by atoms with E-state index in [9.17, 15) is 14.7 Å². The Balaban J connectivity index is 1.50. The predicted octanol–water partition coefficient (Wildman–Crippen LogP) is 3.39. The molecule has 2 aromatic rings. The van der Waals surface area contributed by atoms with Crippen LogP contribution in [0, 0.1) is 11.8 Å². The minimum Gasteiger partial charge on any atom is -0.481 e. The summed E-state index contributed by atoms with van der Waals surface area (Å²) >= 11 is 4.71. The first-order valence-electron chi connectivity index (χ1n) is 7.93. The molecule has 4 rings (SSSR count). The smallest absolute Gasteiger partial charge is 0.310 e. The lowest BCUT2D eigenvalue weighted by Gasteiger charge is -2.23. The molecule has 1 aromatic heterocycles. The summed E-state index contributed by atoms with van der Waals surface area (Å²) in [6.07, 6.45) is 0.773. The summed E-state index contributed by atoms with van der Waals surface area (Å²) in [7, 11) is 0. The van der Waals surface area contributed by atoms with Crippen LogP contribution in [0.3, 0.4) is 0 Å². The molecule has 2 aliphatic heterocycles. The van der Waals surface area contributed by atoms with Crippen molar-refractivity contribution in [2.45, 2.75) is 25.0 Å². The van der Waals surface area contributed by atoms with E-state index >= 15 is 0 Å². The third-order valence-electron chi connectivity index (χ3n) is 4.74. The van der Waals surface area contributed by atoms with E-state index in [1.807, 2.05) is 29.6 Å². The van der Waals surface area contributed by atoms with Gasteiger partial charge in [0.05, 0.1) is 29.7 Å². The minimum atomic E-state index is -0.970. The zero-order valence-corrected chi connectivity index (χ0v) is 15.4. The number of carboxylic acids is 1. The molecule has 2 fully saturated rings. The first-order chi connectivity index (χ1) is 12.0. The van der Waals surface area contributed by atoms with Gasteiger partial charge in [0.1, 0.15) is 0 Å². The molecule has 2 aliphatic rings. The number of rotatable bonds is 4. The third kappa shape index (κ3) is 3.09. The first kappa shape index (κ1) is 16.7. The molecule has 130 valence electrons. The van der Waals surface area contributed by atoms with Gasteiger partial charge in [-0.25, -0.2) is 4.98 Å². The molecule has 1 amide bonds. The van der Waals surface area contributed by atoms with Crippen LogP contribution in [0.4, 0.5) is 5.13 Å². The normalized spacial score (nSPS) is 27.4. The van der Waals surface area contributed by atoms with Crippen molar-refractivity contribution in [1.29, 1.82) is 0 Å². The Morgan fingerprint density at radius 2 is 1.88 bits per heavy atom. The van der Waals surface area contributed by atoms with Crippen LogP contribution in [0.2, 0.25) is 0 Å². The number of ether oxygens (including phenoxy) is 1. The minimum absolute atomic E-state index is 0.308. The Labute approximate surface area is 156 Å². The fourth-order valence-electron chi connectivity index (χ4n) is 3.60. The Morgan fingerprint density at radius 3 is 2.56 bits per heavy atom. The van der Waals surface area contributed by atoms with Gasteiger partial charge in [-0.1, -0.05) is 28.1 Å². The quantitative estimate of drug-likeness (QED) is 0.787. The number of hydrogen-bond donors (Lipinski definition) is 2. The lowest BCUT2D eigenvalue weighted by Crippen LogP contribution is -2.40. The highest BCUT2D eigenvalue weighted by Gasteiger charge is 2.55. The summed E-state index contributed by atoms with van der Waals surface area (Å²) in [5.74, 6) is -2.72. The van der Waals surface area contributed by atoms with Crippen LogP contribution in [0.25, 0.3) is 11.3 Å². The average Bonchev–Trinajstić information content (AvgIpc) is 3.30. The van der Waals surface area contributed by atoms with Gasteiger partial charge >= 0.3 is 5.97 Å². The fraction of sp³-hybridized carbons (Fsp3) is 0.353. The van der Waals surface area contributed by atoms with E-state index in [2.05, 4.69) is 26.2 Å². The van der Waals surface area contributed by atoms with E-state index in [1.54, 1.807) is 0 Å². The molecule has 25 heavy (non-hydrogen) atoms. The predicted molar refractivity (Wildman–Crippen MR) is 96.4 cm³/mol. The maximum atomic E-state index is 12.6. The number of nitrogens with one attached hydrogen (secondary N) is 1. The van der Waals surface area contributed by atoms with Gasteiger partial charge in [0.2, 0.25) is 5.91 Å². The monoisotopic (exact) mass is 422 g/mol. The van der Waals surface area contributed by atoms with E-state index in [1.165, 1.54) is 11.3 Å². The molecule has 1 aromatic carbocycles. The van der Waals surface area contributed by atoms with Crippen molar-refractivity contribution in [1.82, 2.24) is 4.98 Å². The molecule has 3 heterocycles. The van der Waals surface area contributed by atoms with E-state index in [0.29, 0.717) is 11.6 Å². The van der Waals surface area contributed by atoms with Gasteiger partial charge in [-0.15, -0.1) is 11.3 Å². The van der Waals surface area contributed by atoms with E-state index in [-0.39, 0.29) is 18.1 Å². The number of anilines is 1. The highest BCUT2D eigenvalue weighted by molar-refractivity contribution is 9.10. The summed E-state index contributed by atoms with van der Waals surface area (Å²) in [5, 5.41) is 14.5. The number of aliphatic carboxylic acids is 1. The van der Waals surface area contributed by atoms with Crippen LogP contribution in [0.1, 0.15) is 12.8 Å². The number of nitrogens with zero attached hydrogens (tertiary/aromatic N) is 1. The molecule has 0 radical (unpaired) electrons. The topological polar surface area (TPSA) is 88.5 Å². The second-order valence-corrected chi connectivity index (χ2v) is 7.99. The average molecular weight is 423 g/mol. The number of carbonyl (C=O) groups excluding carboxylic acids is 1. The molecule has 0 unspecified atom stereocenters. The van der Waals surface area contributed by atoms with Crippen LogP contribution in [-0.4, -0.2) is 34.2 Å². The van der Waals surface area contributed by atoms with E-state index in [4.69, 9.17) is 4.74 Å². The number of thiazole rings is 1. The maximum absolute atomic E-state index is 12.6. The van der Waals surface area contributed by atoms with Gasteiger partial charge in [0.25, 0.3) is 0 Å². The van der Waals surface area contributed by atoms with Gasteiger partial charge in [-0.05, 0) is 25.0 Å². The zero-order valence-electron chi connectivity index (χ0n) is 13.0. The van der Waals surface area contributed by atoms with E-state index < -0.39 is 17.8 Å². The molecule has 0 aliphatic carbocycles. The lowest BCUT2D eigenvalue weighted by molar-refractivity contribution is -0.147. The van der Waals surface area contributed by atoms with Gasteiger partial charge in [0, 0.05) is 15.4 Å². The number of halogens is 1. The molecule has 6 nitrogen and oxygen atoms in total. The number of hydrogen-bond acceptors (Lipinski definition) is 5. The highest BCUT2D eigenvalue weighted by atomic mass is 79.9. The Morgan fingerprint density at radius 1 is 1.20 bits per heavy atom. The fourth-order valence-corrected chi connectivity index (χ4v) is 4.58. The van der Waals surface area contributed by atoms with E-state index in [0.717, 1.165) is 22.2 Å². The second kappa shape index (κ2) is 6.51. The number of fused-ring (bicyclic) bond motifs is 2. The number of benzene rings is 1. The molecule has 0 saturated carbocycles. The Hall–Kier alpha value is -1.77. The zero-order chi connectivity index (χ0) is 17.6. The Bertz CT molecular complexity index is 822.